The van der Waals surface area contributed by atoms with Crippen molar-refractivity contribution in [2.24, 2.45) is 5.92 Å². The molecule has 7 heteroatoms. The first kappa shape index (κ1) is 18.7. The lowest BCUT2D eigenvalue weighted by Crippen LogP contribution is -2.37. The van der Waals surface area contributed by atoms with Gasteiger partial charge in [-0.05, 0) is 18.7 Å². The lowest BCUT2D eigenvalue weighted by atomic mass is 10.1. The highest BCUT2D eigenvalue weighted by Gasteiger charge is 2.35. The number of carbonyl (C=O) groups excluding carboxylic acids is 2. The van der Waals surface area contributed by atoms with Crippen LogP contribution in [0.5, 0.6) is 0 Å². The molecule has 1 aliphatic rings. The second-order valence-corrected chi connectivity index (χ2v) is 5.41. The minimum atomic E-state index is -0.310. The minimum absolute atomic E-state index is 0. The summed E-state index contributed by atoms with van der Waals surface area (Å²) in [7, 11) is 0. The number of anilines is 1. The molecule has 2 amide bonds. The van der Waals surface area contributed by atoms with E-state index in [1.165, 1.54) is 0 Å². The molecule has 0 aromatic heterocycles. The monoisotopic (exact) mass is 345 g/mol. The number of rotatable bonds is 6. The summed E-state index contributed by atoms with van der Waals surface area (Å²) in [6.45, 7) is 4.58. The summed E-state index contributed by atoms with van der Waals surface area (Å²) in [6, 6.07) is 7.19. The molecular formula is C15H21Cl2N3O2. The van der Waals surface area contributed by atoms with E-state index >= 15 is 0 Å². The zero-order chi connectivity index (χ0) is 15.2. The van der Waals surface area contributed by atoms with Crippen LogP contribution in [0.15, 0.2) is 24.3 Å². The number of nitrogens with zero attached hydrogens (tertiary/aromatic N) is 1. The zero-order valence-corrected chi connectivity index (χ0v) is 14.0. The second kappa shape index (κ2) is 8.98. The molecule has 5 nitrogen and oxygen atoms in total. The Kier molecular flexibility index (Phi) is 7.65. The molecule has 0 spiro atoms. The molecule has 1 aliphatic heterocycles. The van der Waals surface area contributed by atoms with Gasteiger partial charge >= 0.3 is 0 Å². The Morgan fingerprint density at radius 3 is 2.77 bits per heavy atom. The summed E-state index contributed by atoms with van der Waals surface area (Å²) in [6.07, 6.45) is 0.234. The van der Waals surface area contributed by atoms with Crippen LogP contribution in [-0.4, -0.2) is 38.0 Å². The number of halogens is 2. The van der Waals surface area contributed by atoms with Gasteiger partial charge < -0.3 is 15.5 Å². The van der Waals surface area contributed by atoms with Gasteiger partial charge in [-0.25, -0.2) is 0 Å². The van der Waals surface area contributed by atoms with E-state index in [2.05, 4.69) is 10.6 Å². The largest absolute Gasteiger partial charge is 0.355 e. The van der Waals surface area contributed by atoms with Crippen LogP contribution in [0.4, 0.5) is 5.69 Å². The van der Waals surface area contributed by atoms with Gasteiger partial charge in [0.05, 0.1) is 16.6 Å². The van der Waals surface area contributed by atoms with Gasteiger partial charge in [-0.15, -0.1) is 12.4 Å². The number of nitrogens with one attached hydrogen (secondary N) is 2. The van der Waals surface area contributed by atoms with E-state index in [0.717, 1.165) is 13.1 Å². The van der Waals surface area contributed by atoms with Gasteiger partial charge in [0.25, 0.3) is 0 Å². The minimum Gasteiger partial charge on any atom is -0.355 e. The van der Waals surface area contributed by atoms with E-state index in [1.54, 1.807) is 17.0 Å². The third kappa shape index (κ3) is 4.60. The van der Waals surface area contributed by atoms with Crippen LogP contribution in [0.3, 0.4) is 0 Å². The van der Waals surface area contributed by atoms with Crippen molar-refractivity contribution < 1.29 is 9.59 Å². The molecule has 0 bridgehead atoms. The Hall–Kier alpha value is -1.30. The van der Waals surface area contributed by atoms with Crippen molar-refractivity contribution in [3.63, 3.8) is 0 Å². The van der Waals surface area contributed by atoms with Crippen LogP contribution < -0.4 is 15.5 Å². The Labute approximate surface area is 141 Å². The standard InChI is InChI=1S/C15H20ClN3O2.ClH/c1-2-17-7-8-18-15(21)11-9-14(20)19(10-11)13-6-4-3-5-12(13)16;/h3-6,11,17H,2,7-10H2,1H3,(H,18,21);1H. The number of hydrogen-bond acceptors (Lipinski definition) is 3. The van der Waals surface area contributed by atoms with E-state index < -0.39 is 0 Å². The number of likely N-dealkylation sites (N-methyl/N-ethyl adjacent to an activating group) is 1. The van der Waals surface area contributed by atoms with Gasteiger partial charge in [-0.3, -0.25) is 9.59 Å². The number of amides is 2. The first-order valence-electron chi connectivity index (χ1n) is 7.16. The predicted molar refractivity (Wildman–Crippen MR) is 90.7 cm³/mol. The smallest absolute Gasteiger partial charge is 0.227 e. The molecule has 0 saturated carbocycles. The fourth-order valence-electron chi connectivity index (χ4n) is 2.38. The number of para-hydroxylation sites is 1. The van der Waals surface area contributed by atoms with Crippen molar-refractivity contribution in [3.8, 4) is 0 Å². The van der Waals surface area contributed by atoms with Crippen LogP contribution in [0.25, 0.3) is 0 Å². The molecule has 122 valence electrons. The van der Waals surface area contributed by atoms with E-state index in [-0.39, 0.29) is 36.6 Å². The Balaban J connectivity index is 0.00000242. The first-order valence-corrected chi connectivity index (χ1v) is 7.54. The molecule has 1 fully saturated rings. The molecule has 1 atom stereocenters. The van der Waals surface area contributed by atoms with Crippen LogP contribution in [0.1, 0.15) is 13.3 Å². The van der Waals surface area contributed by atoms with Crippen molar-refractivity contribution in [1.82, 2.24) is 10.6 Å². The van der Waals surface area contributed by atoms with Crippen molar-refractivity contribution in [3.05, 3.63) is 29.3 Å². The molecule has 22 heavy (non-hydrogen) atoms. The molecule has 2 rings (SSSR count). The maximum Gasteiger partial charge on any atom is 0.227 e. The first-order chi connectivity index (χ1) is 10.1. The van der Waals surface area contributed by atoms with Crippen molar-refractivity contribution in [2.45, 2.75) is 13.3 Å². The quantitative estimate of drug-likeness (QED) is 0.773. The highest BCUT2D eigenvalue weighted by Crippen LogP contribution is 2.30. The van der Waals surface area contributed by atoms with Crippen LogP contribution in [-0.2, 0) is 9.59 Å². The summed E-state index contributed by atoms with van der Waals surface area (Å²) in [4.78, 5) is 25.8. The summed E-state index contributed by atoms with van der Waals surface area (Å²) in [5.41, 5.74) is 0.673. The Bertz CT molecular complexity index is 525. The summed E-state index contributed by atoms with van der Waals surface area (Å²) < 4.78 is 0. The summed E-state index contributed by atoms with van der Waals surface area (Å²) >= 11 is 6.11. The molecule has 1 heterocycles. The van der Waals surface area contributed by atoms with Crippen LogP contribution >= 0.6 is 24.0 Å². The maximum atomic E-state index is 12.1. The van der Waals surface area contributed by atoms with Crippen molar-refractivity contribution in [1.29, 1.82) is 0 Å². The second-order valence-electron chi connectivity index (χ2n) is 5.00. The van der Waals surface area contributed by atoms with Gasteiger partial charge in [-0.2, -0.15) is 0 Å². The number of hydrogen-bond donors (Lipinski definition) is 2. The number of carbonyl (C=O) groups is 2. The highest BCUT2D eigenvalue weighted by molar-refractivity contribution is 6.33. The third-order valence-corrected chi connectivity index (χ3v) is 3.81. The highest BCUT2D eigenvalue weighted by atomic mass is 35.5. The normalized spacial score (nSPS) is 17.3. The Morgan fingerprint density at radius 1 is 1.36 bits per heavy atom. The number of benzene rings is 1. The van der Waals surface area contributed by atoms with Crippen LogP contribution in [0, 0.1) is 5.92 Å². The summed E-state index contributed by atoms with van der Waals surface area (Å²) in [5.74, 6) is -0.443. The SMILES string of the molecule is CCNCCNC(=O)C1CC(=O)N(c2ccccc2Cl)C1.Cl. The van der Waals surface area contributed by atoms with E-state index in [4.69, 9.17) is 11.6 Å². The molecule has 0 aliphatic carbocycles. The fraction of sp³-hybridized carbons (Fsp3) is 0.467. The van der Waals surface area contributed by atoms with Crippen molar-refractivity contribution >= 4 is 41.5 Å². The van der Waals surface area contributed by atoms with Crippen LogP contribution in [0.2, 0.25) is 5.02 Å². The average molecular weight is 346 g/mol. The van der Waals surface area contributed by atoms with E-state index in [0.29, 0.717) is 23.8 Å². The van der Waals surface area contributed by atoms with Gasteiger partial charge in [0, 0.05) is 26.1 Å². The average Bonchev–Trinajstić information content (AvgIpc) is 2.86. The fourth-order valence-corrected chi connectivity index (χ4v) is 2.62. The van der Waals surface area contributed by atoms with Gasteiger partial charge in [0.15, 0.2) is 0 Å². The molecule has 1 aromatic rings. The summed E-state index contributed by atoms with van der Waals surface area (Å²) in [5, 5.41) is 6.52. The molecular weight excluding hydrogens is 325 g/mol. The van der Waals surface area contributed by atoms with E-state index in [1.807, 2.05) is 19.1 Å². The van der Waals surface area contributed by atoms with Gasteiger partial charge in [0.1, 0.15) is 0 Å². The lowest BCUT2D eigenvalue weighted by molar-refractivity contribution is -0.126. The molecule has 0 radical (unpaired) electrons. The molecule has 2 N–H and O–H groups in total. The van der Waals surface area contributed by atoms with Gasteiger partial charge in [0.2, 0.25) is 11.8 Å². The van der Waals surface area contributed by atoms with E-state index in [9.17, 15) is 9.59 Å². The Morgan fingerprint density at radius 2 is 2.09 bits per heavy atom. The molecule has 1 aromatic carbocycles. The molecule has 1 saturated heterocycles. The third-order valence-electron chi connectivity index (χ3n) is 3.49. The van der Waals surface area contributed by atoms with Crippen molar-refractivity contribution in [2.75, 3.05) is 31.1 Å². The lowest BCUT2D eigenvalue weighted by Gasteiger charge is -2.18. The maximum absolute atomic E-state index is 12.1. The predicted octanol–water partition coefficient (Wildman–Crippen LogP) is 1.84. The van der Waals surface area contributed by atoms with Gasteiger partial charge in [-0.1, -0.05) is 30.7 Å². The topological polar surface area (TPSA) is 61.4 Å². The molecule has 1 unspecified atom stereocenters. The zero-order valence-electron chi connectivity index (χ0n) is 12.5.